The van der Waals surface area contributed by atoms with Crippen molar-refractivity contribution in [3.8, 4) is 0 Å². The molecule has 3 unspecified atom stereocenters. The molecular formula is C11H19NO2. The molecule has 0 heterocycles. The van der Waals surface area contributed by atoms with E-state index in [0.717, 1.165) is 24.7 Å². The zero-order valence-electron chi connectivity index (χ0n) is 8.95. The zero-order chi connectivity index (χ0) is 10.1. The van der Waals surface area contributed by atoms with Gasteiger partial charge in [0.05, 0.1) is 6.61 Å². The van der Waals surface area contributed by atoms with Gasteiger partial charge in [-0.1, -0.05) is 0 Å². The van der Waals surface area contributed by atoms with Gasteiger partial charge in [0.15, 0.2) is 0 Å². The van der Waals surface area contributed by atoms with Crippen LogP contribution in [-0.4, -0.2) is 25.7 Å². The lowest BCUT2D eigenvalue weighted by Crippen LogP contribution is -2.39. The third kappa shape index (κ3) is 2.08. The normalized spacial score (nSPS) is 36.3. The minimum absolute atomic E-state index is 0.143. The van der Waals surface area contributed by atoms with Crippen LogP contribution in [0.25, 0.3) is 0 Å². The van der Waals surface area contributed by atoms with Crippen molar-refractivity contribution >= 4 is 5.91 Å². The quantitative estimate of drug-likeness (QED) is 0.735. The maximum Gasteiger partial charge on any atom is 0.223 e. The number of fused-ring (bicyclic) bond motifs is 1. The van der Waals surface area contributed by atoms with Crippen LogP contribution in [0.4, 0.5) is 0 Å². The summed E-state index contributed by atoms with van der Waals surface area (Å²) in [6.07, 6.45) is 3.61. The summed E-state index contributed by atoms with van der Waals surface area (Å²) in [6.45, 7) is 2.59. The average Bonchev–Trinajstić information content (AvgIpc) is 2.74. The molecule has 3 nitrogen and oxygen atoms in total. The number of amides is 1. The van der Waals surface area contributed by atoms with Crippen LogP contribution in [-0.2, 0) is 9.53 Å². The molecule has 2 aliphatic rings. The van der Waals surface area contributed by atoms with Gasteiger partial charge in [-0.15, -0.1) is 0 Å². The Bertz CT molecular complexity index is 219. The van der Waals surface area contributed by atoms with E-state index in [-0.39, 0.29) is 17.9 Å². The van der Waals surface area contributed by atoms with Crippen molar-refractivity contribution in [2.75, 3.05) is 13.7 Å². The van der Waals surface area contributed by atoms with E-state index in [1.165, 1.54) is 6.42 Å². The number of rotatable bonds is 4. The number of nitrogens with one attached hydrogen (secondary N) is 1. The van der Waals surface area contributed by atoms with Crippen LogP contribution in [0.15, 0.2) is 0 Å². The molecule has 1 amide bonds. The number of methoxy groups -OCH3 is 1. The standard InChI is InChI=1S/C11H19NO2/c1-7(6-14-2)12-11(13)10-4-8-3-9(8)5-10/h7-10H,3-6H2,1-2H3,(H,12,13). The molecule has 3 heteroatoms. The van der Waals surface area contributed by atoms with Crippen molar-refractivity contribution in [2.45, 2.75) is 32.2 Å². The molecule has 0 radical (unpaired) electrons. The van der Waals surface area contributed by atoms with Crippen LogP contribution in [0.5, 0.6) is 0 Å². The molecule has 0 aromatic carbocycles. The average molecular weight is 197 g/mol. The van der Waals surface area contributed by atoms with Crippen molar-refractivity contribution in [1.82, 2.24) is 5.32 Å². The largest absolute Gasteiger partial charge is 0.383 e. The molecule has 0 aromatic rings. The SMILES string of the molecule is COCC(C)NC(=O)C1CC2CC2C1. The van der Waals surface area contributed by atoms with Gasteiger partial charge in [-0.05, 0) is 38.0 Å². The van der Waals surface area contributed by atoms with E-state index < -0.39 is 0 Å². The first-order valence-corrected chi connectivity index (χ1v) is 5.50. The second-order valence-electron chi connectivity index (χ2n) is 4.79. The predicted molar refractivity (Wildman–Crippen MR) is 53.8 cm³/mol. The summed E-state index contributed by atoms with van der Waals surface area (Å²) in [5, 5.41) is 3.00. The van der Waals surface area contributed by atoms with Crippen molar-refractivity contribution in [3.05, 3.63) is 0 Å². The molecule has 2 aliphatic carbocycles. The van der Waals surface area contributed by atoms with Crippen molar-refractivity contribution in [2.24, 2.45) is 17.8 Å². The molecule has 0 bridgehead atoms. The zero-order valence-corrected chi connectivity index (χ0v) is 8.95. The van der Waals surface area contributed by atoms with Gasteiger partial charge >= 0.3 is 0 Å². The van der Waals surface area contributed by atoms with Crippen LogP contribution >= 0.6 is 0 Å². The van der Waals surface area contributed by atoms with E-state index in [9.17, 15) is 4.79 Å². The summed E-state index contributed by atoms with van der Waals surface area (Å²) >= 11 is 0. The van der Waals surface area contributed by atoms with Crippen LogP contribution in [0, 0.1) is 17.8 Å². The van der Waals surface area contributed by atoms with Gasteiger partial charge in [0.2, 0.25) is 5.91 Å². The fourth-order valence-corrected chi connectivity index (χ4v) is 2.58. The molecule has 80 valence electrons. The third-order valence-electron chi connectivity index (χ3n) is 3.42. The fraction of sp³-hybridized carbons (Fsp3) is 0.909. The Morgan fingerprint density at radius 1 is 1.43 bits per heavy atom. The fourth-order valence-electron chi connectivity index (χ4n) is 2.58. The minimum atomic E-state index is 0.143. The molecule has 14 heavy (non-hydrogen) atoms. The molecule has 3 atom stereocenters. The summed E-state index contributed by atoms with van der Waals surface area (Å²) in [5.74, 6) is 2.28. The second kappa shape index (κ2) is 3.89. The van der Waals surface area contributed by atoms with E-state index in [4.69, 9.17) is 4.74 Å². The molecule has 2 saturated carbocycles. The molecular weight excluding hydrogens is 178 g/mol. The first kappa shape index (κ1) is 9.97. The summed E-state index contributed by atoms with van der Waals surface area (Å²) in [7, 11) is 1.66. The smallest absolute Gasteiger partial charge is 0.223 e. The highest BCUT2D eigenvalue weighted by Gasteiger charge is 2.48. The Morgan fingerprint density at radius 2 is 2.07 bits per heavy atom. The van der Waals surface area contributed by atoms with Crippen molar-refractivity contribution < 1.29 is 9.53 Å². The van der Waals surface area contributed by atoms with E-state index in [2.05, 4.69) is 5.32 Å². The lowest BCUT2D eigenvalue weighted by molar-refractivity contribution is -0.126. The van der Waals surface area contributed by atoms with Crippen LogP contribution in [0.3, 0.4) is 0 Å². The molecule has 0 saturated heterocycles. The van der Waals surface area contributed by atoms with Crippen molar-refractivity contribution in [3.63, 3.8) is 0 Å². The number of ether oxygens (including phenoxy) is 1. The van der Waals surface area contributed by atoms with Gasteiger partial charge in [-0.2, -0.15) is 0 Å². The highest BCUT2D eigenvalue weighted by Crippen LogP contribution is 2.54. The Morgan fingerprint density at radius 3 is 2.64 bits per heavy atom. The van der Waals surface area contributed by atoms with E-state index in [1.807, 2.05) is 6.92 Å². The first-order chi connectivity index (χ1) is 6.70. The Kier molecular flexibility index (Phi) is 2.77. The van der Waals surface area contributed by atoms with Gasteiger partial charge < -0.3 is 10.1 Å². The molecule has 0 aromatic heterocycles. The summed E-state index contributed by atoms with van der Waals surface area (Å²) in [6, 6.07) is 0.143. The lowest BCUT2D eigenvalue weighted by Gasteiger charge is -2.17. The predicted octanol–water partition coefficient (Wildman–Crippen LogP) is 1.18. The maximum absolute atomic E-state index is 11.7. The Balaban J connectivity index is 1.72. The highest BCUT2D eigenvalue weighted by molar-refractivity contribution is 5.79. The molecule has 1 N–H and O–H groups in total. The molecule has 0 aliphatic heterocycles. The highest BCUT2D eigenvalue weighted by atomic mass is 16.5. The van der Waals surface area contributed by atoms with Gasteiger partial charge in [-0.3, -0.25) is 4.79 Å². The lowest BCUT2D eigenvalue weighted by atomic mass is 10.0. The number of hydrogen-bond donors (Lipinski definition) is 1. The van der Waals surface area contributed by atoms with Gasteiger partial charge in [0.1, 0.15) is 0 Å². The van der Waals surface area contributed by atoms with Gasteiger partial charge in [-0.25, -0.2) is 0 Å². The monoisotopic (exact) mass is 197 g/mol. The molecule has 2 rings (SSSR count). The maximum atomic E-state index is 11.7. The minimum Gasteiger partial charge on any atom is -0.383 e. The summed E-state index contributed by atoms with van der Waals surface area (Å²) < 4.78 is 4.98. The van der Waals surface area contributed by atoms with E-state index in [1.54, 1.807) is 7.11 Å². The second-order valence-corrected chi connectivity index (χ2v) is 4.79. The first-order valence-electron chi connectivity index (χ1n) is 5.50. The number of carbonyl (C=O) groups excluding carboxylic acids is 1. The van der Waals surface area contributed by atoms with Crippen LogP contribution in [0.1, 0.15) is 26.2 Å². The molecule has 0 spiro atoms. The van der Waals surface area contributed by atoms with Crippen LogP contribution < -0.4 is 5.32 Å². The van der Waals surface area contributed by atoms with Gasteiger partial charge in [0, 0.05) is 19.1 Å². The van der Waals surface area contributed by atoms with Crippen molar-refractivity contribution in [1.29, 1.82) is 0 Å². The summed E-state index contributed by atoms with van der Waals surface area (Å²) in [4.78, 5) is 11.7. The number of carbonyl (C=O) groups is 1. The Hall–Kier alpha value is -0.570. The van der Waals surface area contributed by atoms with E-state index >= 15 is 0 Å². The number of hydrogen-bond acceptors (Lipinski definition) is 2. The van der Waals surface area contributed by atoms with E-state index in [0.29, 0.717) is 6.61 Å². The topological polar surface area (TPSA) is 38.3 Å². The molecule has 2 fully saturated rings. The third-order valence-corrected chi connectivity index (χ3v) is 3.42. The Labute approximate surface area is 85.2 Å². The van der Waals surface area contributed by atoms with Crippen LogP contribution in [0.2, 0.25) is 0 Å². The van der Waals surface area contributed by atoms with Gasteiger partial charge in [0.25, 0.3) is 0 Å². The summed E-state index contributed by atoms with van der Waals surface area (Å²) in [5.41, 5.74) is 0.